The van der Waals surface area contributed by atoms with Crippen LogP contribution in [0.3, 0.4) is 0 Å². The highest BCUT2D eigenvalue weighted by Crippen LogP contribution is 2.15. The number of unbranched alkanes of at least 4 members (excludes halogenated alkanes) is 1. The third-order valence-electron chi connectivity index (χ3n) is 3.79. The topological polar surface area (TPSA) is 58.1 Å². The molecule has 0 aliphatic rings. The van der Waals surface area contributed by atoms with E-state index in [4.69, 9.17) is 0 Å². The Labute approximate surface area is 137 Å². The summed E-state index contributed by atoms with van der Waals surface area (Å²) in [5.41, 5.74) is 2.52. The van der Waals surface area contributed by atoms with Gasteiger partial charge in [-0.3, -0.25) is 14.8 Å². The number of amides is 1. The predicted octanol–water partition coefficient (Wildman–Crippen LogP) is 3.20. The van der Waals surface area contributed by atoms with Crippen molar-refractivity contribution in [2.45, 2.75) is 32.7 Å². The number of benzene rings is 1. The number of hydrogen-bond acceptors (Lipinski definition) is 4. The highest BCUT2D eigenvalue weighted by atomic mass is 16.1. The van der Waals surface area contributed by atoms with Gasteiger partial charge in [0.05, 0.1) is 17.9 Å². The van der Waals surface area contributed by atoms with Gasteiger partial charge in [-0.25, -0.2) is 0 Å². The smallest absolute Gasteiger partial charge is 0.251 e. The number of carbonyl (C=O) groups excluding carboxylic acids is 1. The first-order valence-electron chi connectivity index (χ1n) is 7.99. The summed E-state index contributed by atoms with van der Waals surface area (Å²) >= 11 is 0. The molecule has 0 radical (unpaired) electrons. The number of anilines is 1. The third-order valence-corrected chi connectivity index (χ3v) is 3.79. The van der Waals surface area contributed by atoms with E-state index in [1.807, 2.05) is 31.2 Å². The fraction of sp³-hybridized carbons (Fsp3) is 0.389. The van der Waals surface area contributed by atoms with Crippen LogP contribution in [0.15, 0.2) is 42.9 Å². The lowest BCUT2D eigenvalue weighted by Crippen LogP contribution is -2.27. The second-order valence-corrected chi connectivity index (χ2v) is 5.65. The van der Waals surface area contributed by atoms with Gasteiger partial charge in [-0.1, -0.05) is 13.3 Å². The number of rotatable bonds is 7. The van der Waals surface area contributed by atoms with Crippen molar-refractivity contribution in [2.75, 3.05) is 18.5 Å². The van der Waals surface area contributed by atoms with E-state index in [0.717, 1.165) is 24.3 Å². The fourth-order valence-electron chi connectivity index (χ4n) is 2.28. The largest absolute Gasteiger partial charge is 0.375 e. The second kappa shape index (κ2) is 8.27. The van der Waals surface area contributed by atoms with Crippen molar-refractivity contribution >= 4 is 11.6 Å². The Morgan fingerprint density at radius 3 is 2.61 bits per heavy atom. The lowest BCUT2D eigenvalue weighted by Gasteiger charge is -2.19. The number of nitrogens with zero attached hydrogens (tertiary/aromatic N) is 3. The van der Waals surface area contributed by atoms with Crippen molar-refractivity contribution in [3.63, 3.8) is 0 Å². The molecule has 1 aromatic carbocycles. The molecule has 0 aliphatic carbocycles. The van der Waals surface area contributed by atoms with Gasteiger partial charge < -0.3 is 10.2 Å². The molecule has 0 spiro atoms. The molecule has 0 aliphatic heterocycles. The van der Waals surface area contributed by atoms with E-state index in [1.165, 1.54) is 6.42 Å². The average molecular weight is 312 g/mol. The van der Waals surface area contributed by atoms with Crippen LogP contribution in [0.5, 0.6) is 0 Å². The van der Waals surface area contributed by atoms with Gasteiger partial charge >= 0.3 is 0 Å². The van der Waals surface area contributed by atoms with E-state index in [2.05, 4.69) is 34.2 Å². The van der Waals surface area contributed by atoms with Gasteiger partial charge in [0, 0.05) is 37.2 Å². The summed E-state index contributed by atoms with van der Waals surface area (Å²) in [6, 6.07) is 7.50. The molecule has 1 atom stereocenters. The SMILES string of the molecule is CCCCN(C)c1ccc(C(=O)N[C@H](C)c2cnccn2)cc1. The Morgan fingerprint density at radius 2 is 2.00 bits per heavy atom. The molecule has 5 heteroatoms. The van der Waals surface area contributed by atoms with Crippen LogP contribution in [0.1, 0.15) is 48.8 Å². The van der Waals surface area contributed by atoms with Gasteiger partial charge in [0.2, 0.25) is 0 Å². The van der Waals surface area contributed by atoms with Crippen molar-refractivity contribution < 1.29 is 4.79 Å². The normalized spacial score (nSPS) is 11.8. The van der Waals surface area contributed by atoms with Crippen molar-refractivity contribution in [1.29, 1.82) is 0 Å². The van der Waals surface area contributed by atoms with Crippen LogP contribution in [0.4, 0.5) is 5.69 Å². The summed E-state index contributed by atoms with van der Waals surface area (Å²) in [7, 11) is 2.07. The molecule has 1 N–H and O–H groups in total. The summed E-state index contributed by atoms with van der Waals surface area (Å²) < 4.78 is 0. The van der Waals surface area contributed by atoms with Crippen LogP contribution in [0.2, 0.25) is 0 Å². The zero-order valence-electron chi connectivity index (χ0n) is 14.0. The van der Waals surface area contributed by atoms with Crippen LogP contribution in [-0.2, 0) is 0 Å². The van der Waals surface area contributed by atoms with E-state index >= 15 is 0 Å². The van der Waals surface area contributed by atoms with Crippen LogP contribution in [0, 0.1) is 0 Å². The molecule has 1 aromatic heterocycles. The molecule has 0 saturated heterocycles. The molecule has 0 fully saturated rings. The standard InChI is InChI=1S/C18H24N4O/c1-4-5-12-22(3)16-8-6-15(7-9-16)18(23)21-14(2)17-13-19-10-11-20-17/h6-11,13-14H,4-5,12H2,1-3H3,(H,21,23)/t14-/m1/s1. The lowest BCUT2D eigenvalue weighted by atomic mass is 10.1. The van der Waals surface area contributed by atoms with Crippen molar-refractivity contribution in [3.8, 4) is 0 Å². The first-order valence-corrected chi connectivity index (χ1v) is 7.99. The van der Waals surface area contributed by atoms with Crippen LogP contribution in [-0.4, -0.2) is 29.5 Å². The van der Waals surface area contributed by atoms with Crippen molar-refractivity contribution in [1.82, 2.24) is 15.3 Å². The van der Waals surface area contributed by atoms with Crippen LogP contribution >= 0.6 is 0 Å². The zero-order valence-corrected chi connectivity index (χ0v) is 14.0. The molecular weight excluding hydrogens is 288 g/mol. The van der Waals surface area contributed by atoms with Gasteiger partial charge in [0.15, 0.2) is 0 Å². The highest BCUT2D eigenvalue weighted by molar-refractivity contribution is 5.94. The molecule has 0 bridgehead atoms. The first kappa shape index (κ1) is 16.9. The van der Waals surface area contributed by atoms with Crippen molar-refractivity contribution in [3.05, 3.63) is 54.1 Å². The molecule has 0 unspecified atom stereocenters. The third kappa shape index (κ3) is 4.77. The Hall–Kier alpha value is -2.43. The Bertz CT molecular complexity index is 613. The van der Waals surface area contributed by atoms with Gasteiger partial charge in [-0.15, -0.1) is 0 Å². The van der Waals surface area contributed by atoms with Gasteiger partial charge in [0.25, 0.3) is 5.91 Å². The molecule has 1 amide bonds. The maximum absolute atomic E-state index is 12.3. The maximum Gasteiger partial charge on any atom is 0.251 e. The molecule has 0 saturated carbocycles. The number of aromatic nitrogens is 2. The quantitative estimate of drug-likeness (QED) is 0.853. The fourth-order valence-corrected chi connectivity index (χ4v) is 2.28. The Kier molecular flexibility index (Phi) is 6.09. The monoisotopic (exact) mass is 312 g/mol. The minimum absolute atomic E-state index is 0.106. The minimum atomic E-state index is -0.178. The van der Waals surface area contributed by atoms with Crippen LogP contribution in [0.25, 0.3) is 0 Å². The second-order valence-electron chi connectivity index (χ2n) is 5.65. The number of carbonyl (C=O) groups is 1. The molecule has 122 valence electrons. The summed E-state index contributed by atoms with van der Waals surface area (Å²) in [6.45, 7) is 5.10. The van der Waals surface area contributed by atoms with E-state index in [1.54, 1.807) is 18.6 Å². The zero-order chi connectivity index (χ0) is 16.7. The highest BCUT2D eigenvalue weighted by Gasteiger charge is 2.12. The minimum Gasteiger partial charge on any atom is -0.375 e. The molecule has 23 heavy (non-hydrogen) atoms. The summed E-state index contributed by atoms with van der Waals surface area (Å²) in [6.07, 6.45) is 7.24. The van der Waals surface area contributed by atoms with E-state index in [-0.39, 0.29) is 11.9 Å². The Balaban J connectivity index is 1.97. The summed E-state index contributed by atoms with van der Waals surface area (Å²) in [5.74, 6) is -0.106. The van der Waals surface area contributed by atoms with E-state index < -0.39 is 0 Å². The number of nitrogens with one attached hydrogen (secondary N) is 1. The van der Waals surface area contributed by atoms with Gasteiger partial charge in [-0.2, -0.15) is 0 Å². The van der Waals surface area contributed by atoms with Gasteiger partial charge in [-0.05, 0) is 37.6 Å². The number of hydrogen-bond donors (Lipinski definition) is 1. The van der Waals surface area contributed by atoms with Crippen LogP contribution < -0.4 is 10.2 Å². The summed E-state index contributed by atoms with van der Waals surface area (Å²) in [5, 5.41) is 2.94. The van der Waals surface area contributed by atoms with Crippen molar-refractivity contribution in [2.24, 2.45) is 0 Å². The average Bonchev–Trinajstić information content (AvgIpc) is 2.60. The summed E-state index contributed by atoms with van der Waals surface area (Å²) in [4.78, 5) is 22.7. The molecule has 2 rings (SSSR count). The predicted molar refractivity (Wildman–Crippen MR) is 92.5 cm³/mol. The maximum atomic E-state index is 12.3. The molecular formula is C18H24N4O. The van der Waals surface area contributed by atoms with E-state index in [0.29, 0.717) is 5.56 Å². The lowest BCUT2D eigenvalue weighted by molar-refractivity contribution is 0.0939. The van der Waals surface area contributed by atoms with E-state index in [9.17, 15) is 4.79 Å². The molecule has 2 aromatic rings. The first-order chi connectivity index (χ1) is 11.1. The molecule has 1 heterocycles. The molecule has 5 nitrogen and oxygen atoms in total. The van der Waals surface area contributed by atoms with Gasteiger partial charge in [0.1, 0.15) is 0 Å². The Morgan fingerprint density at radius 1 is 1.26 bits per heavy atom.